The Morgan fingerprint density at radius 1 is 1.31 bits per heavy atom. The molecule has 0 spiro atoms. The molecule has 1 saturated heterocycles. The largest absolute Gasteiger partial charge is 0.336 e. The molecule has 1 aliphatic heterocycles. The van der Waals surface area contributed by atoms with Gasteiger partial charge in [0.1, 0.15) is 0 Å². The number of nitrogens with zero attached hydrogens (tertiary/aromatic N) is 2. The summed E-state index contributed by atoms with van der Waals surface area (Å²) in [4.78, 5) is 16.6. The lowest BCUT2D eigenvalue weighted by Crippen LogP contribution is -2.57. The predicted molar refractivity (Wildman–Crippen MR) is 64.0 cm³/mol. The molecule has 1 unspecified atom stereocenters. The van der Waals surface area contributed by atoms with Gasteiger partial charge in [-0.25, -0.2) is 0 Å². The molecular weight excluding hydrogens is 202 g/mol. The van der Waals surface area contributed by atoms with Crippen molar-refractivity contribution in [1.82, 2.24) is 9.80 Å². The lowest BCUT2D eigenvalue weighted by atomic mass is 10.0. The highest BCUT2D eigenvalue weighted by Crippen LogP contribution is 2.27. The van der Waals surface area contributed by atoms with Gasteiger partial charge >= 0.3 is 0 Å². The molecule has 2 fully saturated rings. The zero-order valence-electron chi connectivity index (χ0n) is 10.2. The zero-order chi connectivity index (χ0) is 11.5. The molecule has 16 heavy (non-hydrogen) atoms. The Balaban J connectivity index is 1.98. The van der Waals surface area contributed by atoms with Crippen LogP contribution in [0.3, 0.4) is 0 Å². The van der Waals surface area contributed by atoms with Gasteiger partial charge in [0, 0.05) is 32.1 Å². The van der Waals surface area contributed by atoms with Crippen LogP contribution in [0.1, 0.15) is 25.7 Å². The van der Waals surface area contributed by atoms with Crippen LogP contribution in [-0.2, 0) is 4.79 Å². The molecular formula is C12H23N3O. The molecule has 2 aliphatic rings. The van der Waals surface area contributed by atoms with Crippen molar-refractivity contribution in [2.24, 2.45) is 11.7 Å². The highest BCUT2D eigenvalue weighted by Gasteiger charge is 2.33. The van der Waals surface area contributed by atoms with Crippen molar-refractivity contribution < 1.29 is 4.79 Å². The first-order valence-electron chi connectivity index (χ1n) is 6.41. The summed E-state index contributed by atoms with van der Waals surface area (Å²) in [7, 11) is 2.10. The summed E-state index contributed by atoms with van der Waals surface area (Å²) in [6.07, 6.45) is 4.61. The number of hydrogen-bond acceptors (Lipinski definition) is 3. The van der Waals surface area contributed by atoms with Gasteiger partial charge in [-0.2, -0.15) is 0 Å². The van der Waals surface area contributed by atoms with Crippen LogP contribution < -0.4 is 5.73 Å². The van der Waals surface area contributed by atoms with Gasteiger partial charge in [0.15, 0.2) is 0 Å². The third-order valence-electron chi connectivity index (χ3n) is 3.95. The fourth-order valence-electron chi connectivity index (χ4n) is 2.91. The van der Waals surface area contributed by atoms with E-state index in [9.17, 15) is 4.79 Å². The Morgan fingerprint density at radius 3 is 2.62 bits per heavy atom. The molecule has 4 heteroatoms. The Labute approximate surface area is 97.8 Å². The van der Waals surface area contributed by atoms with E-state index in [0.717, 1.165) is 32.5 Å². The minimum atomic E-state index is 0.229. The van der Waals surface area contributed by atoms with Gasteiger partial charge in [-0.15, -0.1) is 0 Å². The molecule has 92 valence electrons. The normalized spacial score (nSPS) is 28.6. The van der Waals surface area contributed by atoms with Gasteiger partial charge in [-0.05, 0) is 19.9 Å². The first kappa shape index (κ1) is 11.9. The zero-order valence-corrected chi connectivity index (χ0v) is 10.2. The summed E-state index contributed by atoms with van der Waals surface area (Å²) in [5.74, 6) is 0.651. The molecule has 0 aromatic rings. The number of likely N-dealkylation sites (N-methyl/N-ethyl adjacent to an activating group) is 1. The van der Waals surface area contributed by atoms with Gasteiger partial charge in [0.25, 0.3) is 0 Å². The molecule has 1 aliphatic carbocycles. The van der Waals surface area contributed by atoms with Gasteiger partial charge < -0.3 is 15.5 Å². The van der Waals surface area contributed by atoms with Crippen LogP contribution in [0.5, 0.6) is 0 Å². The Kier molecular flexibility index (Phi) is 3.82. The van der Waals surface area contributed by atoms with Crippen molar-refractivity contribution in [2.75, 3.05) is 33.2 Å². The number of carbonyl (C=O) groups is 1. The maximum absolute atomic E-state index is 12.3. The van der Waals surface area contributed by atoms with Crippen molar-refractivity contribution in [3.05, 3.63) is 0 Å². The number of piperazine rings is 1. The minimum Gasteiger partial charge on any atom is -0.336 e. The summed E-state index contributed by atoms with van der Waals surface area (Å²) >= 11 is 0. The standard InChI is InChI=1S/C12H23N3O/c1-14-6-7-15(11(8-13)9-14)12(16)10-4-2-3-5-10/h10-11H,2-9,13H2,1H3. The number of hydrogen-bond donors (Lipinski definition) is 1. The second-order valence-electron chi connectivity index (χ2n) is 5.16. The van der Waals surface area contributed by atoms with Gasteiger partial charge in [0.2, 0.25) is 5.91 Å². The van der Waals surface area contributed by atoms with Crippen LogP contribution in [0.2, 0.25) is 0 Å². The summed E-state index contributed by atoms with van der Waals surface area (Å²) in [5.41, 5.74) is 5.77. The van der Waals surface area contributed by atoms with Gasteiger partial charge in [0.05, 0.1) is 6.04 Å². The van der Waals surface area contributed by atoms with E-state index >= 15 is 0 Å². The average molecular weight is 225 g/mol. The SMILES string of the molecule is CN1CCN(C(=O)C2CCCC2)C(CN)C1. The van der Waals surface area contributed by atoms with Crippen molar-refractivity contribution in [3.8, 4) is 0 Å². The molecule has 1 saturated carbocycles. The fourth-order valence-corrected chi connectivity index (χ4v) is 2.91. The lowest BCUT2D eigenvalue weighted by Gasteiger charge is -2.40. The monoisotopic (exact) mass is 225 g/mol. The number of carbonyl (C=O) groups excluding carboxylic acids is 1. The van der Waals surface area contributed by atoms with Crippen molar-refractivity contribution in [3.63, 3.8) is 0 Å². The fraction of sp³-hybridized carbons (Fsp3) is 0.917. The van der Waals surface area contributed by atoms with Crippen molar-refractivity contribution in [1.29, 1.82) is 0 Å². The summed E-state index contributed by atoms with van der Waals surface area (Å²) in [5, 5.41) is 0. The van der Waals surface area contributed by atoms with Crippen molar-refractivity contribution in [2.45, 2.75) is 31.7 Å². The molecule has 2 N–H and O–H groups in total. The van der Waals surface area contributed by atoms with Crippen LogP contribution in [0.15, 0.2) is 0 Å². The number of amides is 1. The molecule has 1 atom stereocenters. The molecule has 4 nitrogen and oxygen atoms in total. The molecule has 1 heterocycles. The van der Waals surface area contributed by atoms with E-state index in [1.54, 1.807) is 0 Å². The summed E-state index contributed by atoms with van der Waals surface area (Å²) in [6.45, 7) is 3.35. The predicted octanol–water partition coefficient (Wildman–Crippen LogP) is 0.278. The Bertz CT molecular complexity index is 251. The highest BCUT2D eigenvalue weighted by molar-refractivity contribution is 5.79. The third kappa shape index (κ3) is 2.38. The molecule has 0 aromatic carbocycles. The maximum Gasteiger partial charge on any atom is 0.226 e. The molecule has 0 aromatic heterocycles. The maximum atomic E-state index is 12.3. The molecule has 0 bridgehead atoms. The first-order valence-corrected chi connectivity index (χ1v) is 6.41. The van der Waals surface area contributed by atoms with E-state index in [1.807, 2.05) is 4.90 Å². The second kappa shape index (κ2) is 5.15. The van der Waals surface area contributed by atoms with E-state index in [2.05, 4.69) is 11.9 Å². The van der Waals surface area contributed by atoms with Crippen LogP contribution in [0.25, 0.3) is 0 Å². The number of nitrogens with two attached hydrogens (primary N) is 1. The smallest absolute Gasteiger partial charge is 0.226 e. The van der Waals surface area contributed by atoms with Crippen LogP contribution >= 0.6 is 0 Å². The Morgan fingerprint density at radius 2 is 2.00 bits per heavy atom. The minimum absolute atomic E-state index is 0.229. The van der Waals surface area contributed by atoms with Gasteiger partial charge in [-0.1, -0.05) is 12.8 Å². The topological polar surface area (TPSA) is 49.6 Å². The quantitative estimate of drug-likeness (QED) is 0.734. The average Bonchev–Trinajstić information content (AvgIpc) is 2.81. The molecule has 1 amide bonds. The van der Waals surface area contributed by atoms with Crippen LogP contribution in [-0.4, -0.2) is 55.0 Å². The summed E-state index contributed by atoms with van der Waals surface area (Å²) in [6, 6.07) is 0.229. The van der Waals surface area contributed by atoms with E-state index < -0.39 is 0 Å². The first-order chi connectivity index (χ1) is 7.72. The van der Waals surface area contributed by atoms with E-state index in [-0.39, 0.29) is 12.0 Å². The molecule has 0 radical (unpaired) electrons. The summed E-state index contributed by atoms with van der Waals surface area (Å²) < 4.78 is 0. The Hall–Kier alpha value is -0.610. The lowest BCUT2D eigenvalue weighted by molar-refractivity contribution is -0.139. The van der Waals surface area contributed by atoms with E-state index in [1.165, 1.54) is 12.8 Å². The van der Waals surface area contributed by atoms with Crippen molar-refractivity contribution >= 4 is 5.91 Å². The van der Waals surface area contributed by atoms with E-state index in [0.29, 0.717) is 12.5 Å². The number of rotatable bonds is 2. The highest BCUT2D eigenvalue weighted by atomic mass is 16.2. The third-order valence-corrected chi connectivity index (χ3v) is 3.95. The van der Waals surface area contributed by atoms with Gasteiger partial charge in [-0.3, -0.25) is 4.79 Å². The van der Waals surface area contributed by atoms with Crippen LogP contribution in [0.4, 0.5) is 0 Å². The molecule has 2 rings (SSSR count). The second-order valence-corrected chi connectivity index (χ2v) is 5.16. The van der Waals surface area contributed by atoms with E-state index in [4.69, 9.17) is 5.73 Å². The van der Waals surface area contributed by atoms with Crippen LogP contribution in [0, 0.1) is 5.92 Å².